The number of pyridine rings is 1. The van der Waals surface area contributed by atoms with Crippen LogP contribution in [0.3, 0.4) is 0 Å². The lowest BCUT2D eigenvalue weighted by Gasteiger charge is -2.11. The molecule has 1 aromatic carbocycles. The lowest BCUT2D eigenvalue weighted by Crippen LogP contribution is -2.08. The molecule has 24 heavy (non-hydrogen) atoms. The Morgan fingerprint density at radius 1 is 1.17 bits per heavy atom. The van der Waals surface area contributed by atoms with Gasteiger partial charge in [0.2, 0.25) is 5.88 Å². The summed E-state index contributed by atoms with van der Waals surface area (Å²) in [5.74, 6) is 0.0665. The highest BCUT2D eigenvalue weighted by Gasteiger charge is 2.01. The first kappa shape index (κ1) is 18.5. The van der Waals surface area contributed by atoms with Gasteiger partial charge in [0.05, 0.1) is 11.6 Å². The Hall–Kier alpha value is -1.87. The average molecular weight is 327 g/mol. The van der Waals surface area contributed by atoms with Crippen molar-refractivity contribution in [3.05, 3.63) is 42.0 Å². The topological polar surface area (TPSA) is 42.4 Å². The molecule has 0 spiro atoms. The van der Waals surface area contributed by atoms with Crippen molar-refractivity contribution in [2.24, 2.45) is 0 Å². The predicted octanol–water partition coefficient (Wildman–Crippen LogP) is 5.72. The van der Waals surface area contributed by atoms with Gasteiger partial charge in [-0.2, -0.15) is 0 Å². The van der Waals surface area contributed by atoms with Gasteiger partial charge in [-0.1, -0.05) is 38.0 Å². The molecule has 0 radical (unpaired) electrons. The predicted molar refractivity (Wildman–Crippen MR) is 101 cm³/mol. The van der Waals surface area contributed by atoms with E-state index in [0.717, 1.165) is 36.8 Å². The van der Waals surface area contributed by atoms with Gasteiger partial charge in [-0.05, 0) is 56.4 Å². The van der Waals surface area contributed by atoms with Crippen molar-refractivity contribution in [3.63, 3.8) is 0 Å². The molecule has 130 valence electrons. The highest BCUT2D eigenvalue weighted by Crippen LogP contribution is 2.18. The molecule has 3 heteroatoms. The van der Waals surface area contributed by atoms with E-state index in [1.165, 1.54) is 24.8 Å². The number of aromatic nitrogens is 1. The van der Waals surface area contributed by atoms with E-state index in [-0.39, 0.29) is 5.88 Å². The summed E-state index contributed by atoms with van der Waals surface area (Å²) in [5.41, 5.74) is 1.99. The van der Waals surface area contributed by atoms with Gasteiger partial charge in [0.15, 0.2) is 0 Å². The highest BCUT2D eigenvalue weighted by atomic mass is 16.5. The number of hydrogen-bond acceptors (Lipinski definition) is 3. The zero-order valence-electron chi connectivity index (χ0n) is 14.9. The summed E-state index contributed by atoms with van der Waals surface area (Å²) >= 11 is 0. The maximum atomic E-state index is 9.39. The maximum Gasteiger partial charge on any atom is 0.211 e. The summed E-state index contributed by atoms with van der Waals surface area (Å²) in [6.07, 6.45) is 11.7. The van der Waals surface area contributed by atoms with Crippen LogP contribution in [0.15, 0.2) is 36.4 Å². The van der Waals surface area contributed by atoms with Crippen LogP contribution in [0.5, 0.6) is 5.88 Å². The first-order valence-electron chi connectivity index (χ1n) is 9.07. The molecule has 0 aliphatic heterocycles. The maximum absolute atomic E-state index is 9.39. The van der Waals surface area contributed by atoms with E-state index in [4.69, 9.17) is 4.74 Å². The number of unbranched alkanes of at least 4 members (excludes halogenated alkanes) is 3. The Kier molecular flexibility index (Phi) is 7.76. The van der Waals surface area contributed by atoms with E-state index in [1.54, 1.807) is 6.07 Å². The Morgan fingerprint density at radius 3 is 2.88 bits per heavy atom. The second-order valence-corrected chi connectivity index (χ2v) is 6.34. The van der Waals surface area contributed by atoms with Crippen LogP contribution in [0.2, 0.25) is 0 Å². The molecule has 1 heterocycles. The Morgan fingerprint density at radius 2 is 2.04 bits per heavy atom. The van der Waals surface area contributed by atoms with Gasteiger partial charge >= 0.3 is 0 Å². The van der Waals surface area contributed by atoms with Gasteiger partial charge in [0.25, 0.3) is 0 Å². The lowest BCUT2D eigenvalue weighted by atomic mass is 10.1. The van der Waals surface area contributed by atoms with E-state index in [2.05, 4.69) is 37.0 Å². The first-order chi connectivity index (χ1) is 11.7. The monoisotopic (exact) mass is 327 g/mol. The third-order valence-corrected chi connectivity index (χ3v) is 4.14. The fraction of sp³-hybridized carbons (Fsp3) is 0.476. The summed E-state index contributed by atoms with van der Waals surface area (Å²) in [7, 11) is 0. The highest BCUT2D eigenvalue weighted by molar-refractivity contribution is 5.81. The van der Waals surface area contributed by atoms with Crippen molar-refractivity contribution in [1.29, 1.82) is 0 Å². The summed E-state index contributed by atoms with van der Waals surface area (Å²) in [4.78, 5) is 4.10. The number of ether oxygens (including phenoxy) is 1. The smallest absolute Gasteiger partial charge is 0.211 e. The van der Waals surface area contributed by atoms with Gasteiger partial charge < -0.3 is 9.84 Å². The summed E-state index contributed by atoms with van der Waals surface area (Å²) < 4.78 is 5.82. The van der Waals surface area contributed by atoms with Crippen molar-refractivity contribution < 1.29 is 9.84 Å². The molecule has 0 saturated heterocycles. The van der Waals surface area contributed by atoms with Crippen LogP contribution in [0.1, 0.15) is 57.9 Å². The minimum Gasteiger partial charge on any atom is -0.493 e. The van der Waals surface area contributed by atoms with E-state index in [9.17, 15) is 5.11 Å². The summed E-state index contributed by atoms with van der Waals surface area (Å²) in [5, 5.41) is 10.4. The molecule has 0 aliphatic carbocycles. The number of allylic oxidation sites excluding steroid dienone is 1. The van der Waals surface area contributed by atoms with Crippen molar-refractivity contribution in [1.82, 2.24) is 4.98 Å². The van der Waals surface area contributed by atoms with Crippen molar-refractivity contribution >= 4 is 17.0 Å². The molecule has 0 bridgehead atoms. The minimum absolute atomic E-state index is 0.0665. The fourth-order valence-electron chi connectivity index (χ4n) is 2.70. The van der Waals surface area contributed by atoms with E-state index in [1.807, 2.05) is 18.2 Å². The second kappa shape index (κ2) is 10.1. The van der Waals surface area contributed by atoms with Crippen LogP contribution in [-0.2, 0) is 4.74 Å². The number of aromatic hydroxyl groups is 1. The lowest BCUT2D eigenvalue weighted by molar-refractivity contribution is 0.0566. The van der Waals surface area contributed by atoms with Crippen LogP contribution >= 0.6 is 0 Å². The number of benzene rings is 1. The molecule has 3 nitrogen and oxygen atoms in total. The molecule has 1 aromatic heterocycles. The number of hydrogen-bond donors (Lipinski definition) is 1. The van der Waals surface area contributed by atoms with Crippen LogP contribution in [0.4, 0.5) is 0 Å². The Labute approximate surface area is 145 Å². The van der Waals surface area contributed by atoms with Gasteiger partial charge in [0, 0.05) is 18.1 Å². The molecule has 0 amide bonds. The third-order valence-electron chi connectivity index (χ3n) is 4.14. The van der Waals surface area contributed by atoms with Crippen molar-refractivity contribution in [2.45, 2.75) is 58.5 Å². The zero-order valence-corrected chi connectivity index (χ0v) is 14.9. The van der Waals surface area contributed by atoms with Crippen LogP contribution in [0, 0.1) is 0 Å². The van der Waals surface area contributed by atoms with E-state index >= 15 is 0 Å². The average Bonchev–Trinajstić information content (AvgIpc) is 2.58. The van der Waals surface area contributed by atoms with E-state index in [0.29, 0.717) is 6.10 Å². The standard InChI is InChI=1S/C21H29NO2/c1-3-4-8-15-24-17(2)9-6-5-7-10-18-11-13-20-19(16-18)12-14-21(23)22-20/h7,10-14,16-17H,3-6,8-9,15H2,1-2H3,(H,22,23). The van der Waals surface area contributed by atoms with Crippen molar-refractivity contribution in [3.8, 4) is 5.88 Å². The fourth-order valence-corrected chi connectivity index (χ4v) is 2.70. The quantitative estimate of drug-likeness (QED) is 0.567. The summed E-state index contributed by atoms with van der Waals surface area (Å²) in [6.45, 7) is 5.28. The van der Waals surface area contributed by atoms with Crippen LogP contribution in [0.25, 0.3) is 17.0 Å². The SMILES string of the molecule is CCCCCOC(C)CCCC=Cc1ccc2nc(O)ccc2c1. The minimum atomic E-state index is 0.0665. The normalized spacial score (nSPS) is 12.9. The van der Waals surface area contributed by atoms with Crippen LogP contribution in [-0.4, -0.2) is 22.8 Å². The van der Waals surface area contributed by atoms with Crippen molar-refractivity contribution in [2.75, 3.05) is 6.61 Å². The molecule has 1 N–H and O–H groups in total. The molecule has 2 aromatic rings. The Balaban J connectivity index is 1.71. The first-order valence-corrected chi connectivity index (χ1v) is 9.07. The Bertz CT molecular complexity index is 651. The van der Waals surface area contributed by atoms with Gasteiger partial charge in [-0.3, -0.25) is 0 Å². The third kappa shape index (κ3) is 6.32. The molecule has 0 fully saturated rings. The molecular formula is C21H29NO2. The second-order valence-electron chi connectivity index (χ2n) is 6.34. The largest absolute Gasteiger partial charge is 0.493 e. The van der Waals surface area contributed by atoms with Gasteiger partial charge in [0.1, 0.15) is 0 Å². The van der Waals surface area contributed by atoms with Crippen LogP contribution < -0.4 is 0 Å². The number of nitrogens with zero attached hydrogens (tertiary/aromatic N) is 1. The molecule has 0 saturated carbocycles. The van der Waals surface area contributed by atoms with E-state index < -0.39 is 0 Å². The number of rotatable bonds is 10. The van der Waals surface area contributed by atoms with Gasteiger partial charge in [-0.15, -0.1) is 0 Å². The molecule has 2 rings (SSSR count). The molecule has 1 unspecified atom stereocenters. The molecular weight excluding hydrogens is 298 g/mol. The molecule has 0 aliphatic rings. The van der Waals surface area contributed by atoms with Gasteiger partial charge in [-0.25, -0.2) is 4.98 Å². The molecule has 1 atom stereocenters. The zero-order chi connectivity index (χ0) is 17.2. The number of fused-ring (bicyclic) bond motifs is 1. The summed E-state index contributed by atoms with van der Waals surface area (Å²) in [6, 6.07) is 9.59.